The number of benzene rings is 2. The predicted octanol–water partition coefficient (Wildman–Crippen LogP) is 4.98. The van der Waals surface area contributed by atoms with Crippen molar-refractivity contribution >= 4 is 29.0 Å². The van der Waals surface area contributed by atoms with E-state index in [1.807, 2.05) is 47.2 Å². The number of halogens is 1. The van der Waals surface area contributed by atoms with Crippen LogP contribution in [0.3, 0.4) is 0 Å². The Morgan fingerprint density at radius 3 is 2.65 bits per heavy atom. The maximum atomic E-state index is 15.0. The molecule has 1 saturated heterocycles. The van der Waals surface area contributed by atoms with E-state index >= 15 is 0 Å². The standard InChI is InChI=1S/C26H21FN4O2S/c1-33-25(32)17-8-6-9-18(16-17)30-15-7-13-22(30)24-23(20-11-4-5-14-28-20)29-26(34)31(24)21-12-3-2-10-19(21)27/h2-16,23-24H,1H3,(H,29,34). The molecule has 1 aliphatic rings. The molecule has 0 aliphatic carbocycles. The second-order valence-electron chi connectivity index (χ2n) is 7.79. The topological polar surface area (TPSA) is 59.4 Å². The van der Waals surface area contributed by atoms with Crippen molar-refractivity contribution in [2.24, 2.45) is 0 Å². The lowest BCUT2D eigenvalue weighted by Gasteiger charge is -2.29. The Balaban J connectivity index is 1.67. The van der Waals surface area contributed by atoms with Gasteiger partial charge in [0.05, 0.1) is 30.1 Å². The van der Waals surface area contributed by atoms with Crippen LogP contribution in [0.1, 0.15) is 33.8 Å². The minimum Gasteiger partial charge on any atom is -0.465 e. The number of para-hydroxylation sites is 1. The quantitative estimate of drug-likeness (QED) is 0.327. The number of nitrogens with zero attached hydrogens (tertiary/aromatic N) is 3. The van der Waals surface area contributed by atoms with Crippen molar-refractivity contribution in [2.45, 2.75) is 12.1 Å². The predicted molar refractivity (Wildman–Crippen MR) is 131 cm³/mol. The molecular formula is C26H21FN4O2S. The van der Waals surface area contributed by atoms with Crippen molar-refractivity contribution in [1.82, 2.24) is 14.9 Å². The number of nitrogens with one attached hydrogen (secondary N) is 1. The van der Waals surface area contributed by atoms with Crippen LogP contribution in [0.2, 0.25) is 0 Å². The van der Waals surface area contributed by atoms with Gasteiger partial charge in [0.25, 0.3) is 0 Å². The zero-order chi connectivity index (χ0) is 23.7. The third kappa shape index (κ3) is 3.82. The highest BCUT2D eigenvalue weighted by atomic mass is 32.1. The molecule has 4 aromatic rings. The number of methoxy groups -OCH3 is 1. The molecule has 2 atom stereocenters. The molecule has 5 rings (SSSR count). The highest BCUT2D eigenvalue weighted by Crippen LogP contribution is 2.42. The van der Waals surface area contributed by atoms with Crippen LogP contribution in [0, 0.1) is 5.82 Å². The van der Waals surface area contributed by atoms with Crippen molar-refractivity contribution in [3.63, 3.8) is 0 Å². The van der Waals surface area contributed by atoms with Crippen LogP contribution in [0.4, 0.5) is 10.1 Å². The van der Waals surface area contributed by atoms with Gasteiger partial charge >= 0.3 is 5.97 Å². The lowest BCUT2D eigenvalue weighted by molar-refractivity contribution is 0.0600. The second-order valence-corrected chi connectivity index (χ2v) is 8.18. The van der Waals surface area contributed by atoms with Crippen molar-refractivity contribution in [3.05, 3.63) is 114 Å². The summed E-state index contributed by atoms with van der Waals surface area (Å²) in [4.78, 5) is 18.4. The van der Waals surface area contributed by atoms with E-state index in [9.17, 15) is 9.18 Å². The van der Waals surface area contributed by atoms with Gasteiger partial charge in [-0.3, -0.25) is 4.98 Å². The molecule has 2 aromatic heterocycles. The van der Waals surface area contributed by atoms with Crippen LogP contribution in [0.15, 0.2) is 91.3 Å². The fraction of sp³-hybridized carbons (Fsp3) is 0.115. The SMILES string of the molecule is COC(=O)c1cccc(-n2cccc2C2C(c3ccccn3)NC(=S)N2c2ccccc2F)c1. The van der Waals surface area contributed by atoms with Crippen LogP contribution in [-0.4, -0.2) is 27.7 Å². The van der Waals surface area contributed by atoms with Crippen LogP contribution in [0.5, 0.6) is 0 Å². The van der Waals surface area contributed by atoms with Gasteiger partial charge in [-0.25, -0.2) is 9.18 Å². The molecule has 170 valence electrons. The number of carbonyl (C=O) groups excluding carboxylic acids is 1. The van der Waals surface area contributed by atoms with Crippen LogP contribution < -0.4 is 10.2 Å². The van der Waals surface area contributed by atoms with Crippen molar-refractivity contribution < 1.29 is 13.9 Å². The van der Waals surface area contributed by atoms with E-state index in [0.717, 1.165) is 17.1 Å². The number of rotatable bonds is 5. The van der Waals surface area contributed by atoms with Gasteiger partial charge in [0, 0.05) is 23.8 Å². The van der Waals surface area contributed by atoms with Crippen molar-refractivity contribution in [3.8, 4) is 5.69 Å². The Kier molecular flexibility index (Phi) is 5.81. The molecule has 0 amide bonds. The van der Waals surface area contributed by atoms with Gasteiger partial charge < -0.3 is 19.5 Å². The van der Waals surface area contributed by atoms with Crippen LogP contribution in [0.25, 0.3) is 5.69 Å². The van der Waals surface area contributed by atoms with Crippen molar-refractivity contribution in [1.29, 1.82) is 0 Å². The molecule has 0 saturated carbocycles. The first-order chi connectivity index (χ1) is 16.6. The summed E-state index contributed by atoms with van der Waals surface area (Å²) in [7, 11) is 1.35. The number of anilines is 1. The molecule has 0 bridgehead atoms. The number of aromatic nitrogens is 2. The average Bonchev–Trinajstić information content (AvgIpc) is 3.49. The monoisotopic (exact) mass is 472 g/mol. The first-order valence-corrected chi connectivity index (χ1v) is 11.1. The lowest BCUT2D eigenvalue weighted by Crippen LogP contribution is -2.31. The van der Waals surface area contributed by atoms with Gasteiger partial charge in [-0.15, -0.1) is 0 Å². The molecule has 2 unspecified atom stereocenters. The highest BCUT2D eigenvalue weighted by molar-refractivity contribution is 7.80. The van der Waals surface area contributed by atoms with E-state index in [-0.39, 0.29) is 11.9 Å². The molecule has 0 radical (unpaired) electrons. The Morgan fingerprint density at radius 1 is 1.06 bits per heavy atom. The van der Waals surface area contributed by atoms with E-state index in [2.05, 4.69) is 10.3 Å². The van der Waals surface area contributed by atoms with Gasteiger partial charge in [0.1, 0.15) is 11.9 Å². The zero-order valence-corrected chi connectivity index (χ0v) is 19.1. The highest BCUT2D eigenvalue weighted by Gasteiger charge is 2.43. The number of pyridine rings is 1. The van der Waals surface area contributed by atoms with E-state index in [0.29, 0.717) is 16.4 Å². The zero-order valence-electron chi connectivity index (χ0n) is 18.3. The van der Waals surface area contributed by atoms with Crippen LogP contribution >= 0.6 is 12.2 Å². The minimum absolute atomic E-state index is 0.328. The molecule has 34 heavy (non-hydrogen) atoms. The summed E-state index contributed by atoms with van der Waals surface area (Å²) < 4.78 is 21.8. The summed E-state index contributed by atoms with van der Waals surface area (Å²) in [5.41, 5.74) is 3.22. The summed E-state index contributed by atoms with van der Waals surface area (Å²) in [6.07, 6.45) is 3.63. The Morgan fingerprint density at radius 2 is 1.88 bits per heavy atom. The number of esters is 1. The third-order valence-corrected chi connectivity index (χ3v) is 6.15. The van der Waals surface area contributed by atoms with E-state index in [1.54, 1.807) is 47.5 Å². The summed E-state index contributed by atoms with van der Waals surface area (Å²) in [5.74, 6) is -0.789. The summed E-state index contributed by atoms with van der Waals surface area (Å²) >= 11 is 5.69. The number of thiocarbonyl (C=S) groups is 1. The van der Waals surface area contributed by atoms with E-state index < -0.39 is 12.0 Å². The molecule has 2 aromatic carbocycles. The maximum absolute atomic E-state index is 15.0. The maximum Gasteiger partial charge on any atom is 0.337 e. The molecule has 1 fully saturated rings. The molecular weight excluding hydrogens is 451 g/mol. The molecule has 0 spiro atoms. The smallest absolute Gasteiger partial charge is 0.337 e. The molecule has 6 nitrogen and oxygen atoms in total. The van der Waals surface area contributed by atoms with E-state index in [1.165, 1.54) is 13.2 Å². The van der Waals surface area contributed by atoms with Gasteiger partial charge in [-0.1, -0.05) is 24.3 Å². The number of ether oxygens (including phenoxy) is 1. The minimum atomic E-state index is -0.418. The molecule has 1 aliphatic heterocycles. The fourth-order valence-electron chi connectivity index (χ4n) is 4.33. The normalized spacial score (nSPS) is 17.5. The largest absolute Gasteiger partial charge is 0.465 e. The Hall–Kier alpha value is -4.04. The Labute approximate surface area is 201 Å². The number of hydrogen-bond donors (Lipinski definition) is 1. The van der Waals surface area contributed by atoms with Gasteiger partial charge in [0.2, 0.25) is 0 Å². The summed E-state index contributed by atoms with van der Waals surface area (Å²) in [5, 5.41) is 3.75. The second kappa shape index (κ2) is 9.07. The van der Waals surface area contributed by atoms with E-state index in [4.69, 9.17) is 17.0 Å². The third-order valence-electron chi connectivity index (χ3n) is 5.84. The summed E-state index contributed by atoms with van der Waals surface area (Å²) in [6, 6.07) is 22.6. The first kappa shape index (κ1) is 21.8. The van der Waals surface area contributed by atoms with Gasteiger partial charge in [-0.2, -0.15) is 0 Å². The number of hydrogen-bond acceptors (Lipinski definition) is 4. The molecule has 1 N–H and O–H groups in total. The molecule has 8 heteroatoms. The van der Waals surface area contributed by atoms with Crippen molar-refractivity contribution in [2.75, 3.05) is 12.0 Å². The van der Waals surface area contributed by atoms with Gasteiger partial charge in [-0.05, 0) is 66.8 Å². The fourth-order valence-corrected chi connectivity index (χ4v) is 4.67. The Bertz CT molecular complexity index is 1360. The lowest BCUT2D eigenvalue weighted by atomic mass is 10.0. The van der Waals surface area contributed by atoms with Crippen LogP contribution in [-0.2, 0) is 4.74 Å². The molecule has 3 heterocycles. The average molecular weight is 473 g/mol. The number of carbonyl (C=O) groups is 1. The summed E-state index contributed by atoms with van der Waals surface area (Å²) in [6.45, 7) is 0. The first-order valence-electron chi connectivity index (χ1n) is 10.7. The van der Waals surface area contributed by atoms with Gasteiger partial charge in [0.15, 0.2) is 5.11 Å².